The molecule has 0 aliphatic heterocycles. The first-order chi connectivity index (χ1) is 4.66. The second kappa shape index (κ2) is 8.19. The smallest absolute Gasteiger partial charge is 0.164 e. The molecule has 6 heteroatoms. The van der Waals surface area contributed by atoms with Gasteiger partial charge in [-0.1, -0.05) is 0 Å². The fourth-order valence-corrected chi connectivity index (χ4v) is 0.444. The summed E-state index contributed by atoms with van der Waals surface area (Å²) in [5.74, 6) is 0. The second-order valence-electron chi connectivity index (χ2n) is 1.98. The fraction of sp³-hybridized carbons (Fsp3) is 1.00. The predicted molar refractivity (Wildman–Crippen MR) is 41.4 cm³/mol. The lowest BCUT2D eigenvalue weighted by Gasteiger charge is -2.08. The largest absolute Gasteiger partial charge is 0.394 e. The third kappa shape index (κ3) is 10.1. The lowest BCUT2D eigenvalue weighted by molar-refractivity contribution is -0.0391. The Kier molecular flexibility index (Phi) is 10.2. The molecule has 5 nitrogen and oxygen atoms in total. The minimum Gasteiger partial charge on any atom is -0.394 e. The molecule has 0 aromatic heterocycles. The summed E-state index contributed by atoms with van der Waals surface area (Å²) in [6, 6.07) is 0. The molecule has 5 N–H and O–H groups in total. The van der Waals surface area contributed by atoms with E-state index in [1.54, 1.807) is 0 Å². The Morgan fingerprint density at radius 1 is 1.09 bits per heavy atom. The van der Waals surface area contributed by atoms with Crippen LogP contribution < -0.4 is 5.32 Å². The molecule has 0 radical (unpaired) electrons. The molecular weight excluding hydrogens is 174 g/mol. The summed E-state index contributed by atoms with van der Waals surface area (Å²) in [7, 11) is 0. The maximum atomic E-state index is 8.70. The summed E-state index contributed by atoms with van der Waals surface area (Å²) < 4.78 is 0. The average Bonchev–Trinajstić information content (AvgIpc) is 1.87. The van der Waals surface area contributed by atoms with Crippen LogP contribution in [0.1, 0.15) is 0 Å². The summed E-state index contributed by atoms with van der Waals surface area (Å²) >= 11 is 0. The molecule has 70 valence electrons. The van der Waals surface area contributed by atoms with Gasteiger partial charge in [0.05, 0.1) is 12.7 Å². The van der Waals surface area contributed by atoms with Crippen molar-refractivity contribution < 1.29 is 20.4 Å². The maximum absolute atomic E-state index is 8.70. The van der Waals surface area contributed by atoms with E-state index in [-0.39, 0.29) is 32.1 Å². The van der Waals surface area contributed by atoms with E-state index in [1.165, 1.54) is 0 Å². The van der Waals surface area contributed by atoms with Gasteiger partial charge in [-0.05, 0) is 0 Å². The van der Waals surface area contributed by atoms with Gasteiger partial charge in [-0.15, -0.1) is 12.4 Å². The summed E-state index contributed by atoms with van der Waals surface area (Å²) in [5.41, 5.74) is 0. The Morgan fingerprint density at radius 2 is 1.64 bits per heavy atom. The monoisotopic (exact) mass is 187 g/mol. The topological polar surface area (TPSA) is 93.0 Å². The lowest BCUT2D eigenvalue weighted by Crippen LogP contribution is -2.34. The van der Waals surface area contributed by atoms with Crippen molar-refractivity contribution >= 4 is 12.4 Å². The Morgan fingerprint density at radius 3 is 2.00 bits per heavy atom. The van der Waals surface area contributed by atoms with Gasteiger partial charge in [-0.3, -0.25) is 0 Å². The van der Waals surface area contributed by atoms with Crippen molar-refractivity contribution in [1.29, 1.82) is 0 Å². The van der Waals surface area contributed by atoms with E-state index in [4.69, 9.17) is 20.4 Å². The van der Waals surface area contributed by atoms with Gasteiger partial charge < -0.3 is 25.7 Å². The quantitative estimate of drug-likeness (QED) is 0.311. The highest BCUT2D eigenvalue weighted by Gasteiger charge is 2.01. The molecule has 0 saturated heterocycles. The molecular formula is C5H14ClNO4. The van der Waals surface area contributed by atoms with Gasteiger partial charge in [-0.2, -0.15) is 0 Å². The van der Waals surface area contributed by atoms with Gasteiger partial charge in [-0.25, -0.2) is 0 Å². The Labute approximate surface area is 71.1 Å². The van der Waals surface area contributed by atoms with Crippen LogP contribution >= 0.6 is 12.4 Å². The molecule has 1 atom stereocenters. The molecule has 1 unspecified atom stereocenters. The SMILES string of the molecule is Cl.OCC(O)CNCC(O)O. The number of nitrogens with one attached hydrogen (secondary N) is 1. The number of rotatable bonds is 5. The van der Waals surface area contributed by atoms with Crippen molar-refractivity contribution in [3.63, 3.8) is 0 Å². The van der Waals surface area contributed by atoms with E-state index in [1.807, 2.05) is 0 Å². The highest BCUT2D eigenvalue weighted by molar-refractivity contribution is 5.85. The van der Waals surface area contributed by atoms with Crippen LogP contribution in [0, 0.1) is 0 Å². The van der Waals surface area contributed by atoms with Crippen molar-refractivity contribution in [3.05, 3.63) is 0 Å². The highest BCUT2D eigenvalue weighted by atomic mass is 35.5. The molecule has 0 aliphatic rings. The van der Waals surface area contributed by atoms with Crippen LogP contribution in [0.2, 0.25) is 0 Å². The lowest BCUT2D eigenvalue weighted by atomic mass is 10.4. The molecule has 0 aliphatic carbocycles. The van der Waals surface area contributed by atoms with Crippen molar-refractivity contribution in [1.82, 2.24) is 5.32 Å². The molecule has 11 heavy (non-hydrogen) atoms. The number of aliphatic hydroxyl groups is 4. The molecule has 0 bridgehead atoms. The second-order valence-corrected chi connectivity index (χ2v) is 1.98. The Hall–Kier alpha value is 0.0900. The highest BCUT2D eigenvalue weighted by Crippen LogP contribution is 1.76. The normalized spacial score (nSPS) is 12.8. The van der Waals surface area contributed by atoms with Crippen LogP contribution in [-0.2, 0) is 0 Å². The van der Waals surface area contributed by atoms with E-state index >= 15 is 0 Å². The van der Waals surface area contributed by atoms with Gasteiger partial charge >= 0.3 is 0 Å². The minimum absolute atomic E-state index is 0. The predicted octanol–water partition coefficient (Wildman–Crippen LogP) is -2.34. The average molecular weight is 188 g/mol. The molecule has 0 saturated carbocycles. The van der Waals surface area contributed by atoms with E-state index in [2.05, 4.69) is 5.32 Å². The summed E-state index contributed by atoms with van der Waals surface area (Å²) in [6.07, 6.45) is -2.25. The van der Waals surface area contributed by atoms with Gasteiger partial charge in [0.25, 0.3) is 0 Å². The van der Waals surface area contributed by atoms with Crippen LogP contribution in [0.4, 0.5) is 0 Å². The zero-order valence-corrected chi connectivity index (χ0v) is 6.79. The van der Waals surface area contributed by atoms with Crippen LogP contribution in [0.5, 0.6) is 0 Å². The van der Waals surface area contributed by atoms with Crippen molar-refractivity contribution in [3.8, 4) is 0 Å². The molecule has 0 amide bonds. The Balaban J connectivity index is 0. The zero-order valence-electron chi connectivity index (χ0n) is 5.97. The van der Waals surface area contributed by atoms with Crippen molar-refractivity contribution in [2.24, 2.45) is 0 Å². The van der Waals surface area contributed by atoms with Crippen LogP contribution in [-0.4, -0.2) is 52.5 Å². The van der Waals surface area contributed by atoms with Gasteiger partial charge in [0.1, 0.15) is 0 Å². The third-order valence-electron chi connectivity index (χ3n) is 0.918. The van der Waals surface area contributed by atoms with Crippen LogP contribution in [0.15, 0.2) is 0 Å². The number of hydrogen-bond donors (Lipinski definition) is 5. The standard InChI is InChI=1S/C5H13NO4.ClH/c7-3-4(8)1-6-2-5(9)10;/h4-10H,1-3H2;1H. The first kappa shape index (κ1) is 13.7. The van der Waals surface area contributed by atoms with Gasteiger partial charge in [0.15, 0.2) is 6.29 Å². The first-order valence-corrected chi connectivity index (χ1v) is 3.02. The number of hydrogen-bond acceptors (Lipinski definition) is 5. The zero-order chi connectivity index (χ0) is 7.98. The molecule has 0 rings (SSSR count). The fourth-order valence-electron chi connectivity index (χ4n) is 0.444. The van der Waals surface area contributed by atoms with Crippen molar-refractivity contribution in [2.75, 3.05) is 19.7 Å². The summed E-state index contributed by atoms with van der Waals surface area (Å²) in [5, 5.41) is 36.1. The van der Waals surface area contributed by atoms with Crippen molar-refractivity contribution in [2.45, 2.75) is 12.4 Å². The number of aliphatic hydroxyl groups excluding tert-OH is 3. The molecule has 0 heterocycles. The van der Waals surface area contributed by atoms with E-state index < -0.39 is 12.4 Å². The molecule has 0 spiro atoms. The van der Waals surface area contributed by atoms with E-state index in [0.717, 1.165) is 0 Å². The molecule has 0 aromatic rings. The number of halogens is 1. The van der Waals surface area contributed by atoms with E-state index in [0.29, 0.717) is 0 Å². The van der Waals surface area contributed by atoms with Crippen LogP contribution in [0.3, 0.4) is 0 Å². The first-order valence-electron chi connectivity index (χ1n) is 3.02. The molecule has 0 aromatic carbocycles. The minimum atomic E-state index is -1.41. The van der Waals surface area contributed by atoms with Gasteiger partial charge in [0, 0.05) is 13.1 Å². The summed E-state index contributed by atoms with van der Waals surface area (Å²) in [6.45, 7) is -0.167. The molecule has 0 fully saturated rings. The van der Waals surface area contributed by atoms with Gasteiger partial charge in [0.2, 0.25) is 0 Å². The van der Waals surface area contributed by atoms with Crippen LogP contribution in [0.25, 0.3) is 0 Å². The maximum Gasteiger partial charge on any atom is 0.164 e. The third-order valence-corrected chi connectivity index (χ3v) is 0.918. The van der Waals surface area contributed by atoms with E-state index in [9.17, 15) is 0 Å². The Bertz CT molecular complexity index is 82.9. The summed E-state index contributed by atoms with van der Waals surface area (Å²) in [4.78, 5) is 0.